The lowest BCUT2D eigenvalue weighted by atomic mass is 9.96. The highest BCUT2D eigenvalue weighted by molar-refractivity contribution is 6.51. The van der Waals surface area contributed by atoms with E-state index in [2.05, 4.69) is 9.97 Å². The van der Waals surface area contributed by atoms with Gasteiger partial charge in [0.15, 0.2) is 0 Å². The molecule has 1 aromatic carbocycles. The largest absolute Gasteiger partial charge is 0.507 e. The Balaban J connectivity index is 1.97. The fourth-order valence-electron chi connectivity index (χ4n) is 3.44. The predicted molar refractivity (Wildman–Crippen MR) is 106 cm³/mol. The van der Waals surface area contributed by atoms with Crippen LogP contribution in [0.3, 0.4) is 0 Å². The van der Waals surface area contributed by atoms with Gasteiger partial charge in [-0.25, -0.2) is 0 Å². The topological polar surface area (TPSA) is 92.6 Å². The smallest absolute Gasteiger partial charge is 0.300 e. The number of hydrogen-bond donors (Lipinski definition) is 1. The highest BCUT2D eigenvalue weighted by Gasteiger charge is 2.47. The van der Waals surface area contributed by atoms with E-state index in [9.17, 15) is 14.7 Å². The molecule has 29 heavy (non-hydrogen) atoms. The summed E-state index contributed by atoms with van der Waals surface area (Å²) >= 11 is 0. The van der Waals surface area contributed by atoms with Gasteiger partial charge in [0, 0.05) is 30.4 Å². The van der Waals surface area contributed by atoms with Gasteiger partial charge in [-0.1, -0.05) is 12.1 Å². The second-order valence-corrected chi connectivity index (χ2v) is 6.36. The van der Waals surface area contributed by atoms with Crippen LogP contribution < -0.4 is 9.64 Å². The van der Waals surface area contributed by atoms with Gasteiger partial charge in [0.2, 0.25) is 0 Å². The highest BCUT2D eigenvalue weighted by Crippen LogP contribution is 2.44. The average Bonchev–Trinajstić information content (AvgIpc) is 3.05. The SMILES string of the molecule is COc1ccccc1N1C(=O)C(=O)/C(=C(/O)c2ccncc2)C1c1ccncc1. The van der Waals surface area contributed by atoms with Crippen LogP contribution in [-0.4, -0.2) is 33.9 Å². The van der Waals surface area contributed by atoms with E-state index in [1.807, 2.05) is 0 Å². The third-order valence-electron chi connectivity index (χ3n) is 4.76. The number of aliphatic hydroxyl groups is 1. The molecule has 144 valence electrons. The molecule has 1 aliphatic heterocycles. The Morgan fingerprint density at radius 3 is 2.24 bits per heavy atom. The molecule has 0 radical (unpaired) electrons. The second-order valence-electron chi connectivity index (χ2n) is 6.36. The van der Waals surface area contributed by atoms with Gasteiger partial charge in [-0.05, 0) is 42.0 Å². The zero-order chi connectivity index (χ0) is 20.4. The lowest BCUT2D eigenvalue weighted by Crippen LogP contribution is -2.29. The van der Waals surface area contributed by atoms with E-state index in [-0.39, 0.29) is 11.3 Å². The number of nitrogens with zero attached hydrogens (tertiary/aromatic N) is 3. The number of ketones is 1. The van der Waals surface area contributed by atoms with E-state index < -0.39 is 17.7 Å². The molecule has 3 aromatic rings. The number of aromatic nitrogens is 2. The van der Waals surface area contributed by atoms with Crippen molar-refractivity contribution in [1.29, 1.82) is 0 Å². The second kappa shape index (κ2) is 7.55. The Morgan fingerprint density at radius 1 is 0.966 bits per heavy atom. The summed E-state index contributed by atoms with van der Waals surface area (Å²) in [5, 5.41) is 10.9. The molecule has 1 aliphatic rings. The van der Waals surface area contributed by atoms with Gasteiger partial charge in [0.05, 0.1) is 24.4 Å². The maximum Gasteiger partial charge on any atom is 0.300 e. The summed E-state index contributed by atoms with van der Waals surface area (Å²) in [6.07, 6.45) is 6.16. The van der Waals surface area contributed by atoms with Crippen LogP contribution >= 0.6 is 0 Å². The van der Waals surface area contributed by atoms with Gasteiger partial charge < -0.3 is 9.84 Å². The van der Waals surface area contributed by atoms with Gasteiger partial charge in [-0.3, -0.25) is 24.5 Å². The zero-order valence-electron chi connectivity index (χ0n) is 15.5. The lowest BCUT2D eigenvalue weighted by Gasteiger charge is -2.26. The average molecular weight is 387 g/mol. The summed E-state index contributed by atoms with van der Waals surface area (Å²) in [7, 11) is 1.49. The number of carbonyl (C=O) groups is 2. The normalized spacial score (nSPS) is 18.1. The quantitative estimate of drug-likeness (QED) is 0.420. The molecule has 0 bridgehead atoms. The molecule has 3 heterocycles. The third-order valence-corrected chi connectivity index (χ3v) is 4.76. The minimum absolute atomic E-state index is 0.00157. The Hall–Kier alpha value is -4.00. The van der Waals surface area contributed by atoms with Crippen LogP contribution in [0.15, 0.2) is 78.9 Å². The molecule has 0 spiro atoms. The van der Waals surface area contributed by atoms with Crippen molar-refractivity contribution in [3.63, 3.8) is 0 Å². The first-order chi connectivity index (χ1) is 14.1. The molecule has 0 saturated carbocycles. The van der Waals surface area contributed by atoms with Gasteiger partial charge >= 0.3 is 0 Å². The lowest BCUT2D eigenvalue weighted by molar-refractivity contribution is -0.132. The van der Waals surface area contributed by atoms with E-state index in [4.69, 9.17) is 4.74 Å². The van der Waals surface area contributed by atoms with Crippen molar-refractivity contribution in [2.24, 2.45) is 0 Å². The minimum atomic E-state index is -0.831. The van der Waals surface area contributed by atoms with Crippen molar-refractivity contribution in [3.8, 4) is 5.75 Å². The van der Waals surface area contributed by atoms with Crippen LogP contribution in [0.2, 0.25) is 0 Å². The van der Waals surface area contributed by atoms with Crippen LogP contribution in [-0.2, 0) is 9.59 Å². The van der Waals surface area contributed by atoms with Crippen molar-refractivity contribution in [1.82, 2.24) is 9.97 Å². The zero-order valence-corrected chi connectivity index (χ0v) is 15.5. The van der Waals surface area contributed by atoms with Gasteiger partial charge in [-0.15, -0.1) is 0 Å². The third kappa shape index (κ3) is 3.12. The molecule has 1 amide bonds. The number of amides is 1. The van der Waals surface area contributed by atoms with E-state index in [0.29, 0.717) is 22.6 Å². The number of rotatable bonds is 4. The van der Waals surface area contributed by atoms with Crippen LogP contribution in [0, 0.1) is 0 Å². The number of hydrogen-bond acceptors (Lipinski definition) is 6. The number of benzene rings is 1. The fraction of sp³-hybridized carbons (Fsp3) is 0.0909. The number of ether oxygens (including phenoxy) is 1. The molecule has 7 heteroatoms. The fourth-order valence-corrected chi connectivity index (χ4v) is 3.44. The Bertz CT molecular complexity index is 1100. The number of methoxy groups -OCH3 is 1. The Labute approximate surface area is 166 Å². The molecule has 1 saturated heterocycles. The van der Waals surface area contributed by atoms with E-state index in [0.717, 1.165) is 0 Å². The van der Waals surface area contributed by atoms with Crippen LogP contribution in [0.5, 0.6) is 5.75 Å². The van der Waals surface area contributed by atoms with Gasteiger partial charge in [0.25, 0.3) is 11.7 Å². The minimum Gasteiger partial charge on any atom is -0.507 e. The number of aliphatic hydroxyl groups excluding tert-OH is 1. The standard InChI is InChI=1S/C22H17N3O4/c1-29-17-5-3-2-4-16(17)25-19(14-6-10-23-11-7-14)18(21(27)22(25)28)20(26)15-8-12-24-13-9-15/h2-13,19,26H,1H3/b20-18+. The molecule has 1 unspecified atom stereocenters. The number of Topliss-reactive ketones (excluding diaryl/α,β-unsaturated/α-hetero) is 1. The van der Waals surface area contributed by atoms with Gasteiger partial charge in [0.1, 0.15) is 11.5 Å². The van der Waals surface area contributed by atoms with Crippen molar-refractivity contribution in [2.75, 3.05) is 12.0 Å². The van der Waals surface area contributed by atoms with Crippen molar-refractivity contribution in [2.45, 2.75) is 6.04 Å². The Kier molecular flexibility index (Phi) is 4.78. The van der Waals surface area contributed by atoms with Crippen molar-refractivity contribution >= 4 is 23.1 Å². The maximum absolute atomic E-state index is 13.1. The monoisotopic (exact) mass is 387 g/mol. The van der Waals surface area contributed by atoms with Crippen LogP contribution in [0.25, 0.3) is 5.76 Å². The molecule has 0 aliphatic carbocycles. The first-order valence-corrected chi connectivity index (χ1v) is 8.88. The first-order valence-electron chi connectivity index (χ1n) is 8.88. The number of para-hydroxylation sites is 2. The number of pyridine rings is 2. The van der Waals surface area contributed by atoms with Crippen molar-refractivity contribution in [3.05, 3.63) is 90.0 Å². The maximum atomic E-state index is 13.1. The number of carbonyl (C=O) groups excluding carboxylic acids is 2. The Morgan fingerprint density at radius 2 is 1.59 bits per heavy atom. The predicted octanol–water partition coefficient (Wildman–Crippen LogP) is 3.11. The van der Waals surface area contributed by atoms with Crippen molar-refractivity contribution < 1.29 is 19.4 Å². The first kappa shape index (κ1) is 18.4. The summed E-state index contributed by atoms with van der Waals surface area (Å²) in [5.74, 6) is -1.33. The molecular weight excluding hydrogens is 370 g/mol. The van der Waals surface area contributed by atoms with Crippen LogP contribution in [0.1, 0.15) is 17.2 Å². The van der Waals surface area contributed by atoms with E-state index >= 15 is 0 Å². The molecular formula is C22H17N3O4. The van der Waals surface area contributed by atoms with E-state index in [1.54, 1.807) is 60.9 Å². The molecule has 4 rings (SSSR count). The highest BCUT2D eigenvalue weighted by atomic mass is 16.5. The summed E-state index contributed by atoms with van der Waals surface area (Å²) in [5.41, 5.74) is 1.48. The summed E-state index contributed by atoms with van der Waals surface area (Å²) in [6.45, 7) is 0. The van der Waals surface area contributed by atoms with Crippen LogP contribution in [0.4, 0.5) is 5.69 Å². The van der Waals surface area contributed by atoms with E-state index in [1.165, 1.54) is 24.4 Å². The summed E-state index contributed by atoms with van der Waals surface area (Å²) in [6, 6.07) is 12.7. The molecule has 7 nitrogen and oxygen atoms in total. The summed E-state index contributed by atoms with van der Waals surface area (Å²) < 4.78 is 5.40. The molecule has 1 fully saturated rings. The van der Waals surface area contributed by atoms with Gasteiger partial charge in [-0.2, -0.15) is 0 Å². The number of anilines is 1. The molecule has 1 N–H and O–H groups in total. The summed E-state index contributed by atoms with van der Waals surface area (Å²) in [4.78, 5) is 35.4. The molecule has 2 aromatic heterocycles. The molecule has 1 atom stereocenters.